The Morgan fingerprint density at radius 2 is 2.05 bits per heavy atom. The lowest BCUT2D eigenvalue weighted by Gasteiger charge is -2.12. The van der Waals surface area contributed by atoms with Crippen molar-refractivity contribution in [2.45, 2.75) is 38.6 Å². The maximum atomic E-state index is 5.48. The van der Waals surface area contributed by atoms with Crippen LogP contribution in [0, 0.1) is 0 Å². The molecule has 0 bridgehead atoms. The Morgan fingerprint density at radius 1 is 1.19 bits per heavy atom. The molecule has 1 unspecified atom stereocenters. The van der Waals surface area contributed by atoms with Gasteiger partial charge in [-0.05, 0) is 56.1 Å². The molecule has 0 saturated carbocycles. The molecule has 0 aliphatic carbocycles. The minimum Gasteiger partial charge on any atom is -0.494 e. The Labute approximate surface area is 125 Å². The molecule has 2 heterocycles. The maximum absolute atomic E-state index is 5.48. The topological polar surface area (TPSA) is 49.9 Å². The standard InChI is InChI=1S/C17H23N3O/c1-2-21-14-9-7-13(8-10-14)16-12-19-17(20-16)15-6-4-3-5-11-18-15/h7-10,12,15,18H,2-6,11H2,1H3,(H,19,20). The van der Waals surface area contributed by atoms with Crippen molar-refractivity contribution in [3.63, 3.8) is 0 Å². The Morgan fingerprint density at radius 3 is 2.86 bits per heavy atom. The van der Waals surface area contributed by atoms with Crippen LogP contribution >= 0.6 is 0 Å². The molecular formula is C17H23N3O. The van der Waals surface area contributed by atoms with Gasteiger partial charge in [-0.15, -0.1) is 0 Å². The number of aromatic nitrogens is 2. The number of hydrogen-bond acceptors (Lipinski definition) is 3. The van der Waals surface area contributed by atoms with Crippen molar-refractivity contribution in [2.24, 2.45) is 0 Å². The van der Waals surface area contributed by atoms with E-state index in [0.29, 0.717) is 12.6 Å². The SMILES string of the molecule is CCOc1ccc(-c2cnc(C3CCCCCN3)[nH]2)cc1. The third-order valence-electron chi connectivity index (χ3n) is 3.96. The number of aromatic amines is 1. The third-order valence-corrected chi connectivity index (χ3v) is 3.96. The molecule has 1 fully saturated rings. The van der Waals surface area contributed by atoms with Crippen molar-refractivity contribution < 1.29 is 4.74 Å². The van der Waals surface area contributed by atoms with Gasteiger partial charge in [0.15, 0.2) is 0 Å². The van der Waals surface area contributed by atoms with Crippen LogP contribution in [0.4, 0.5) is 0 Å². The molecule has 1 saturated heterocycles. The number of benzene rings is 1. The van der Waals surface area contributed by atoms with Gasteiger partial charge < -0.3 is 15.0 Å². The number of H-pyrrole nitrogens is 1. The van der Waals surface area contributed by atoms with E-state index in [9.17, 15) is 0 Å². The molecule has 0 radical (unpaired) electrons. The predicted molar refractivity (Wildman–Crippen MR) is 84.4 cm³/mol. The van der Waals surface area contributed by atoms with Crippen molar-refractivity contribution in [1.82, 2.24) is 15.3 Å². The summed E-state index contributed by atoms with van der Waals surface area (Å²) in [5, 5.41) is 3.57. The first-order valence-corrected chi connectivity index (χ1v) is 7.88. The minimum atomic E-state index is 0.365. The predicted octanol–water partition coefficient (Wildman–Crippen LogP) is 3.68. The van der Waals surface area contributed by atoms with Crippen molar-refractivity contribution in [1.29, 1.82) is 0 Å². The maximum Gasteiger partial charge on any atom is 0.123 e. The molecule has 21 heavy (non-hydrogen) atoms. The molecule has 2 aromatic rings. The molecule has 0 spiro atoms. The van der Waals surface area contributed by atoms with E-state index >= 15 is 0 Å². The van der Waals surface area contributed by atoms with E-state index in [1.54, 1.807) is 0 Å². The molecular weight excluding hydrogens is 262 g/mol. The molecule has 3 rings (SSSR count). The average Bonchev–Trinajstić information content (AvgIpc) is 2.84. The second kappa shape index (κ2) is 6.76. The minimum absolute atomic E-state index is 0.365. The second-order valence-corrected chi connectivity index (χ2v) is 5.50. The van der Waals surface area contributed by atoms with Gasteiger partial charge in [-0.1, -0.05) is 12.8 Å². The van der Waals surface area contributed by atoms with Gasteiger partial charge in [-0.25, -0.2) is 4.98 Å². The van der Waals surface area contributed by atoms with E-state index in [2.05, 4.69) is 27.4 Å². The van der Waals surface area contributed by atoms with E-state index in [4.69, 9.17) is 4.74 Å². The first-order chi connectivity index (χ1) is 10.4. The lowest BCUT2D eigenvalue weighted by molar-refractivity contribution is 0.340. The Bertz CT molecular complexity index is 554. The van der Waals surface area contributed by atoms with Gasteiger partial charge in [0.05, 0.1) is 24.5 Å². The number of imidazole rings is 1. The average molecular weight is 285 g/mol. The highest BCUT2D eigenvalue weighted by atomic mass is 16.5. The Hall–Kier alpha value is -1.81. The highest BCUT2D eigenvalue weighted by Crippen LogP contribution is 2.25. The van der Waals surface area contributed by atoms with Crippen LogP contribution in [0.25, 0.3) is 11.3 Å². The molecule has 2 N–H and O–H groups in total. The highest BCUT2D eigenvalue weighted by molar-refractivity contribution is 5.59. The van der Waals surface area contributed by atoms with Gasteiger partial charge in [0.25, 0.3) is 0 Å². The van der Waals surface area contributed by atoms with Crippen LogP contribution in [-0.2, 0) is 0 Å². The van der Waals surface area contributed by atoms with Gasteiger partial charge in [0, 0.05) is 0 Å². The van der Waals surface area contributed by atoms with Crippen molar-refractivity contribution in [3.05, 3.63) is 36.3 Å². The van der Waals surface area contributed by atoms with E-state index in [0.717, 1.165) is 35.8 Å². The summed E-state index contributed by atoms with van der Waals surface area (Å²) in [6.45, 7) is 3.78. The first-order valence-electron chi connectivity index (χ1n) is 7.88. The van der Waals surface area contributed by atoms with Crippen LogP contribution < -0.4 is 10.1 Å². The lowest BCUT2D eigenvalue weighted by Crippen LogP contribution is -2.21. The van der Waals surface area contributed by atoms with Gasteiger partial charge >= 0.3 is 0 Å². The summed E-state index contributed by atoms with van der Waals surface area (Å²) >= 11 is 0. The highest BCUT2D eigenvalue weighted by Gasteiger charge is 2.16. The molecule has 0 amide bonds. The summed E-state index contributed by atoms with van der Waals surface area (Å²) in [6.07, 6.45) is 6.95. The molecule has 112 valence electrons. The fraction of sp³-hybridized carbons (Fsp3) is 0.471. The smallest absolute Gasteiger partial charge is 0.123 e. The van der Waals surface area contributed by atoms with Crippen molar-refractivity contribution in [3.8, 4) is 17.0 Å². The Balaban J connectivity index is 1.74. The largest absolute Gasteiger partial charge is 0.494 e. The molecule has 4 heteroatoms. The van der Waals surface area contributed by atoms with Crippen molar-refractivity contribution >= 4 is 0 Å². The molecule has 1 aliphatic heterocycles. The van der Waals surface area contributed by atoms with Gasteiger partial charge in [0.1, 0.15) is 11.6 Å². The number of ether oxygens (including phenoxy) is 1. The number of hydrogen-bond donors (Lipinski definition) is 2. The summed E-state index contributed by atoms with van der Waals surface area (Å²) in [7, 11) is 0. The monoisotopic (exact) mass is 285 g/mol. The van der Waals surface area contributed by atoms with Crippen LogP contribution in [0.3, 0.4) is 0 Å². The van der Waals surface area contributed by atoms with Crippen LogP contribution in [0.2, 0.25) is 0 Å². The zero-order valence-corrected chi connectivity index (χ0v) is 12.6. The molecule has 4 nitrogen and oxygen atoms in total. The first kappa shape index (κ1) is 14.1. The van der Waals surface area contributed by atoms with E-state index < -0.39 is 0 Å². The lowest BCUT2D eigenvalue weighted by atomic mass is 10.1. The molecule has 1 atom stereocenters. The van der Waals surface area contributed by atoms with Crippen LogP contribution in [-0.4, -0.2) is 23.1 Å². The summed E-state index contributed by atoms with van der Waals surface area (Å²) < 4.78 is 5.48. The summed E-state index contributed by atoms with van der Waals surface area (Å²) in [5.74, 6) is 1.97. The molecule has 1 aliphatic rings. The number of nitrogens with zero attached hydrogens (tertiary/aromatic N) is 1. The quantitative estimate of drug-likeness (QED) is 0.901. The van der Waals surface area contributed by atoms with E-state index in [1.807, 2.05) is 25.3 Å². The van der Waals surface area contributed by atoms with Gasteiger partial charge in [0.2, 0.25) is 0 Å². The fourth-order valence-electron chi connectivity index (χ4n) is 2.82. The van der Waals surface area contributed by atoms with Gasteiger partial charge in [-0.2, -0.15) is 0 Å². The van der Waals surface area contributed by atoms with E-state index in [1.165, 1.54) is 19.3 Å². The fourth-order valence-corrected chi connectivity index (χ4v) is 2.82. The summed E-state index contributed by atoms with van der Waals surface area (Å²) in [6, 6.07) is 8.52. The second-order valence-electron chi connectivity index (χ2n) is 5.50. The molecule has 1 aromatic carbocycles. The van der Waals surface area contributed by atoms with Crippen molar-refractivity contribution in [2.75, 3.05) is 13.2 Å². The zero-order chi connectivity index (χ0) is 14.5. The molecule has 1 aromatic heterocycles. The summed E-state index contributed by atoms with van der Waals surface area (Å²) in [5.41, 5.74) is 2.21. The van der Waals surface area contributed by atoms with Crippen LogP contribution in [0.1, 0.15) is 44.5 Å². The summed E-state index contributed by atoms with van der Waals surface area (Å²) in [4.78, 5) is 8.03. The van der Waals surface area contributed by atoms with E-state index in [-0.39, 0.29) is 0 Å². The number of rotatable bonds is 4. The van der Waals surface area contributed by atoms with Gasteiger partial charge in [-0.3, -0.25) is 0 Å². The van der Waals surface area contributed by atoms with Crippen LogP contribution in [0.15, 0.2) is 30.5 Å². The zero-order valence-electron chi connectivity index (χ0n) is 12.6. The Kier molecular flexibility index (Phi) is 4.55. The normalized spacial score (nSPS) is 19.2. The van der Waals surface area contributed by atoms with Crippen LogP contribution in [0.5, 0.6) is 5.75 Å². The third kappa shape index (κ3) is 3.45. The number of nitrogens with one attached hydrogen (secondary N) is 2.